The van der Waals surface area contributed by atoms with Crippen LogP contribution in [0.5, 0.6) is 0 Å². The Balaban J connectivity index is 2.03. The average Bonchev–Trinajstić information content (AvgIpc) is 2.91. The maximum atomic E-state index is 9.21. The van der Waals surface area contributed by atoms with Crippen molar-refractivity contribution in [2.24, 2.45) is 0 Å². The molecule has 1 heterocycles. The fourth-order valence-electron chi connectivity index (χ4n) is 1.74. The van der Waals surface area contributed by atoms with Crippen LogP contribution in [0, 0.1) is 11.3 Å². The molecule has 0 fully saturated rings. The number of anilines is 1. The van der Waals surface area contributed by atoms with Gasteiger partial charge in [-0.25, -0.2) is 0 Å². The quantitative estimate of drug-likeness (QED) is 0.837. The number of hydrogen-bond acceptors (Lipinski definition) is 4. The lowest BCUT2D eigenvalue weighted by Crippen LogP contribution is -2.05. The molecule has 0 bridgehead atoms. The lowest BCUT2D eigenvalue weighted by Gasteiger charge is -2.09. The van der Waals surface area contributed by atoms with Gasteiger partial charge in [0.15, 0.2) is 0 Å². The van der Waals surface area contributed by atoms with E-state index < -0.39 is 0 Å². The van der Waals surface area contributed by atoms with Crippen molar-refractivity contribution in [2.75, 3.05) is 18.1 Å². The van der Waals surface area contributed by atoms with Gasteiger partial charge in [0.05, 0.1) is 11.3 Å². The van der Waals surface area contributed by atoms with Gasteiger partial charge in [0.2, 0.25) is 0 Å². The fraction of sp³-hybridized carbons (Fsp3) is 0.214. The maximum Gasteiger partial charge on any atom is 0.102 e. The van der Waals surface area contributed by atoms with E-state index in [-0.39, 0.29) is 0 Å². The molecule has 2 aromatic rings. The standard InChI is InChI=1S/C14H14N2S2/c1-17-14-6-2-5-13(12(14)10-15)16-8-7-11-4-3-9-18-11/h2-6,9,16H,7-8H2,1H3. The van der Waals surface area contributed by atoms with Crippen LogP contribution in [-0.2, 0) is 6.42 Å². The number of thiophene rings is 1. The van der Waals surface area contributed by atoms with Crippen LogP contribution < -0.4 is 5.32 Å². The molecule has 92 valence electrons. The smallest absolute Gasteiger partial charge is 0.102 e. The van der Waals surface area contributed by atoms with Crippen molar-refractivity contribution in [1.29, 1.82) is 5.26 Å². The molecule has 4 heteroatoms. The summed E-state index contributed by atoms with van der Waals surface area (Å²) in [7, 11) is 0. The molecule has 0 unspecified atom stereocenters. The van der Waals surface area contributed by atoms with Crippen LogP contribution in [-0.4, -0.2) is 12.8 Å². The average molecular weight is 274 g/mol. The predicted molar refractivity (Wildman–Crippen MR) is 79.5 cm³/mol. The second-order valence-corrected chi connectivity index (χ2v) is 5.63. The minimum Gasteiger partial charge on any atom is -0.384 e. The molecule has 0 spiro atoms. The number of nitriles is 1. The Labute approximate surface area is 116 Å². The fourth-order valence-corrected chi connectivity index (χ4v) is 3.02. The molecule has 18 heavy (non-hydrogen) atoms. The molecule has 2 rings (SSSR count). The van der Waals surface area contributed by atoms with Crippen molar-refractivity contribution in [2.45, 2.75) is 11.3 Å². The third-order valence-electron chi connectivity index (χ3n) is 2.62. The highest BCUT2D eigenvalue weighted by molar-refractivity contribution is 7.98. The maximum absolute atomic E-state index is 9.21. The summed E-state index contributed by atoms with van der Waals surface area (Å²) < 4.78 is 0. The molecule has 1 aromatic carbocycles. The van der Waals surface area contributed by atoms with E-state index in [1.807, 2.05) is 24.5 Å². The topological polar surface area (TPSA) is 35.8 Å². The van der Waals surface area contributed by atoms with Gasteiger partial charge in [-0.1, -0.05) is 12.1 Å². The first-order valence-corrected chi connectivity index (χ1v) is 7.79. The lowest BCUT2D eigenvalue weighted by molar-refractivity contribution is 1.04. The van der Waals surface area contributed by atoms with Crippen molar-refractivity contribution in [3.63, 3.8) is 0 Å². The van der Waals surface area contributed by atoms with E-state index in [9.17, 15) is 5.26 Å². The minimum atomic E-state index is 0.746. The monoisotopic (exact) mass is 274 g/mol. The molecule has 0 aliphatic carbocycles. The molecule has 1 N–H and O–H groups in total. The van der Waals surface area contributed by atoms with Crippen molar-refractivity contribution >= 4 is 28.8 Å². The van der Waals surface area contributed by atoms with Gasteiger partial charge >= 0.3 is 0 Å². The molecule has 0 aliphatic rings. The van der Waals surface area contributed by atoms with Gasteiger partial charge in [-0.2, -0.15) is 5.26 Å². The van der Waals surface area contributed by atoms with Crippen LogP contribution in [0.25, 0.3) is 0 Å². The summed E-state index contributed by atoms with van der Waals surface area (Å²) in [6.45, 7) is 0.854. The molecule has 0 radical (unpaired) electrons. The first-order chi connectivity index (χ1) is 8.85. The second kappa shape index (κ2) is 6.48. The number of hydrogen-bond donors (Lipinski definition) is 1. The summed E-state index contributed by atoms with van der Waals surface area (Å²) in [5, 5.41) is 14.6. The van der Waals surface area contributed by atoms with E-state index in [0.29, 0.717) is 0 Å². The summed E-state index contributed by atoms with van der Waals surface area (Å²) in [5.74, 6) is 0. The summed E-state index contributed by atoms with van der Waals surface area (Å²) in [6.07, 6.45) is 2.98. The van der Waals surface area contributed by atoms with Crippen molar-refractivity contribution in [3.8, 4) is 6.07 Å². The van der Waals surface area contributed by atoms with Crippen LogP contribution in [0.3, 0.4) is 0 Å². The number of nitrogens with zero attached hydrogens (tertiary/aromatic N) is 1. The largest absolute Gasteiger partial charge is 0.384 e. The lowest BCUT2D eigenvalue weighted by atomic mass is 10.2. The Morgan fingerprint density at radius 1 is 1.33 bits per heavy atom. The van der Waals surface area contributed by atoms with E-state index in [4.69, 9.17) is 0 Å². The Hall–Kier alpha value is -1.44. The van der Waals surface area contributed by atoms with Crippen LogP contribution >= 0.6 is 23.1 Å². The molecular formula is C14H14N2S2. The Kier molecular flexibility index (Phi) is 4.68. The van der Waals surface area contributed by atoms with Crippen molar-refractivity contribution in [3.05, 3.63) is 46.2 Å². The van der Waals surface area contributed by atoms with E-state index in [0.717, 1.165) is 29.1 Å². The van der Waals surface area contributed by atoms with E-state index in [1.165, 1.54) is 4.88 Å². The van der Waals surface area contributed by atoms with Gasteiger partial charge in [0.1, 0.15) is 6.07 Å². The molecule has 0 aliphatic heterocycles. The first kappa shape index (κ1) is 13.0. The molecule has 0 saturated carbocycles. The van der Waals surface area contributed by atoms with Gasteiger partial charge in [-0.15, -0.1) is 23.1 Å². The van der Waals surface area contributed by atoms with Gasteiger partial charge in [-0.05, 0) is 36.3 Å². The van der Waals surface area contributed by atoms with Crippen molar-refractivity contribution in [1.82, 2.24) is 0 Å². The van der Waals surface area contributed by atoms with Crippen LogP contribution in [0.2, 0.25) is 0 Å². The molecule has 0 saturated heterocycles. The van der Waals surface area contributed by atoms with E-state index in [1.54, 1.807) is 23.1 Å². The molecule has 0 amide bonds. The van der Waals surface area contributed by atoms with E-state index in [2.05, 4.69) is 28.9 Å². The normalized spacial score (nSPS) is 10.0. The Bertz CT molecular complexity index is 541. The number of thioether (sulfide) groups is 1. The highest BCUT2D eigenvalue weighted by Crippen LogP contribution is 2.26. The second-order valence-electron chi connectivity index (χ2n) is 3.75. The Morgan fingerprint density at radius 3 is 2.89 bits per heavy atom. The van der Waals surface area contributed by atoms with E-state index >= 15 is 0 Å². The predicted octanol–water partition coefficient (Wildman–Crippen LogP) is 4.00. The highest BCUT2D eigenvalue weighted by atomic mass is 32.2. The molecule has 0 atom stereocenters. The SMILES string of the molecule is CSc1cccc(NCCc2cccs2)c1C#N. The first-order valence-electron chi connectivity index (χ1n) is 5.68. The van der Waals surface area contributed by atoms with Crippen LogP contribution in [0.1, 0.15) is 10.4 Å². The number of nitrogens with one attached hydrogen (secondary N) is 1. The van der Waals surface area contributed by atoms with Crippen molar-refractivity contribution < 1.29 is 0 Å². The van der Waals surface area contributed by atoms with Gasteiger partial charge in [-0.3, -0.25) is 0 Å². The summed E-state index contributed by atoms with van der Waals surface area (Å²) in [6, 6.07) is 12.4. The zero-order chi connectivity index (χ0) is 12.8. The summed E-state index contributed by atoms with van der Waals surface area (Å²) in [5.41, 5.74) is 1.68. The Morgan fingerprint density at radius 2 is 2.22 bits per heavy atom. The van der Waals surface area contributed by atoms with Gasteiger partial charge in [0.25, 0.3) is 0 Å². The zero-order valence-electron chi connectivity index (χ0n) is 10.1. The summed E-state index contributed by atoms with van der Waals surface area (Å²) in [4.78, 5) is 2.39. The van der Waals surface area contributed by atoms with Gasteiger partial charge < -0.3 is 5.32 Å². The number of benzene rings is 1. The third-order valence-corrected chi connectivity index (χ3v) is 4.34. The summed E-state index contributed by atoms with van der Waals surface area (Å²) >= 11 is 3.37. The number of rotatable bonds is 5. The van der Waals surface area contributed by atoms with Crippen LogP contribution in [0.4, 0.5) is 5.69 Å². The molecular weight excluding hydrogens is 260 g/mol. The highest BCUT2D eigenvalue weighted by Gasteiger charge is 2.06. The molecule has 2 nitrogen and oxygen atoms in total. The van der Waals surface area contributed by atoms with Gasteiger partial charge in [0, 0.05) is 16.3 Å². The molecule has 1 aromatic heterocycles. The van der Waals surface area contributed by atoms with Crippen LogP contribution in [0.15, 0.2) is 40.6 Å². The third kappa shape index (κ3) is 3.06. The minimum absolute atomic E-state index is 0.746. The zero-order valence-corrected chi connectivity index (χ0v) is 11.8.